The molecular formula is C26H26BrNO3. The molecule has 0 radical (unpaired) electrons. The molecule has 0 aliphatic heterocycles. The van der Waals surface area contributed by atoms with Gasteiger partial charge in [0.15, 0.2) is 0 Å². The van der Waals surface area contributed by atoms with Gasteiger partial charge in [-0.05, 0) is 82.7 Å². The topological polar surface area (TPSA) is 46.6 Å². The molecule has 160 valence electrons. The van der Waals surface area contributed by atoms with Crippen molar-refractivity contribution in [2.75, 3.05) is 19.1 Å². The number of carbonyl (C=O) groups excluding carboxylic acids is 2. The maximum absolute atomic E-state index is 13.2. The molecule has 0 bridgehead atoms. The molecule has 0 atom stereocenters. The molecule has 0 aliphatic carbocycles. The van der Waals surface area contributed by atoms with Gasteiger partial charge in [0, 0.05) is 17.2 Å². The maximum Gasteiger partial charge on any atom is 0.310 e. The van der Waals surface area contributed by atoms with Gasteiger partial charge < -0.3 is 9.64 Å². The Labute approximate surface area is 192 Å². The van der Waals surface area contributed by atoms with Crippen LogP contribution in [-0.2, 0) is 16.0 Å². The minimum atomic E-state index is -0.312. The number of hydrogen-bond acceptors (Lipinski definition) is 3. The molecule has 4 nitrogen and oxygen atoms in total. The van der Waals surface area contributed by atoms with Crippen LogP contribution in [0.2, 0.25) is 0 Å². The Morgan fingerprint density at radius 1 is 1.00 bits per heavy atom. The quantitative estimate of drug-likeness (QED) is 0.419. The van der Waals surface area contributed by atoms with Crippen molar-refractivity contribution in [1.82, 2.24) is 0 Å². The highest BCUT2D eigenvalue weighted by atomic mass is 79.9. The van der Waals surface area contributed by atoms with Gasteiger partial charge in [0.1, 0.15) is 0 Å². The van der Waals surface area contributed by atoms with E-state index in [2.05, 4.69) is 40.2 Å². The molecule has 0 heterocycles. The monoisotopic (exact) mass is 479 g/mol. The molecule has 0 N–H and O–H groups in total. The Morgan fingerprint density at radius 3 is 2.26 bits per heavy atom. The Hall–Kier alpha value is -2.92. The number of ether oxygens (including phenoxy) is 1. The predicted molar refractivity (Wildman–Crippen MR) is 129 cm³/mol. The Kier molecular flexibility index (Phi) is 6.96. The van der Waals surface area contributed by atoms with Crippen LogP contribution in [0.15, 0.2) is 59.1 Å². The molecule has 31 heavy (non-hydrogen) atoms. The largest absolute Gasteiger partial charge is 0.469 e. The Bertz CT molecular complexity index is 1140. The number of anilines is 1. The minimum Gasteiger partial charge on any atom is -0.469 e. The van der Waals surface area contributed by atoms with E-state index in [1.165, 1.54) is 12.7 Å². The number of halogens is 1. The van der Waals surface area contributed by atoms with Gasteiger partial charge in [0.25, 0.3) is 5.91 Å². The van der Waals surface area contributed by atoms with Gasteiger partial charge in [0.2, 0.25) is 0 Å². The third kappa shape index (κ3) is 4.72. The van der Waals surface area contributed by atoms with Crippen molar-refractivity contribution in [3.8, 4) is 11.1 Å². The molecular weight excluding hydrogens is 454 g/mol. The predicted octanol–water partition coefficient (Wildman–Crippen LogP) is 6.03. The van der Waals surface area contributed by atoms with Crippen molar-refractivity contribution in [3.63, 3.8) is 0 Å². The summed E-state index contributed by atoms with van der Waals surface area (Å²) in [5, 5.41) is 0. The molecule has 0 saturated carbocycles. The van der Waals surface area contributed by atoms with Crippen molar-refractivity contribution in [2.45, 2.75) is 27.2 Å². The molecule has 3 rings (SSSR count). The molecule has 1 amide bonds. The fourth-order valence-electron chi connectivity index (χ4n) is 3.80. The highest BCUT2D eigenvalue weighted by molar-refractivity contribution is 9.10. The van der Waals surface area contributed by atoms with Gasteiger partial charge in [0.05, 0.1) is 19.1 Å². The number of esters is 1. The van der Waals surface area contributed by atoms with E-state index in [-0.39, 0.29) is 18.3 Å². The normalized spacial score (nSPS) is 10.6. The lowest BCUT2D eigenvalue weighted by molar-refractivity contribution is -0.139. The summed E-state index contributed by atoms with van der Waals surface area (Å²) in [6.07, 6.45) is 0.136. The summed E-state index contributed by atoms with van der Waals surface area (Å²) in [5.41, 5.74) is 7.32. The van der Waals surface area contributed by atoms with E-state index < -0.39 is 0 Å². The number of amides is 1. The first-order valence-corrected chi connectivity index (χ1v) is 10.8. The summed E-state index contributed by atoms with van der Waals surface area (Å²) >= 11 is 3.47. The van der Waals surface area contributed by atoms with E-state index in [4.69, 9.17) is 4.74 Å². The molecule has 3 aromatic rings. The van der Waals surface area contributed by atoms with Gasteiger partial charge >= 0.3 is 5.97 Å². The smallest absolute Gasteiger partial charge is 0.310 e. The van der Waals surface area contributed by atoms with Crippen molar-refractivity contribution in [2.24, 2.45) is 0 Å². The zero-order valence-corrected chi connectivity index (χ0v) is 20.0. The lowest BCUT2D eigenvalue weighted by Crippen LogP contribution is -2.28. The third-order valence-corrected chi connectivity index (χ3v) is 6.24. The van der Waals surface area contributed by atoms with Gasteiger partial charge in [-0.15, -0.1) is 0 Å². The highest BCUT2D eigenvalue weighted by Crippen LogP contribution is 2.36. The number of carbonyl (C=O) groups is 2. The van der Waals surface area contributed by atoms with Gasteiger partial charge in [-0.3, -0.25) is 9.59 Å². The van der Waals surface area contributed by atoms with Crippen molar-refractivity contribution in [3.05, 3.63) is 86.9 Å². The average molecular weight is 480 g/mol. The van der Waals surface area contributed by atoms with Crippen LogP contribution in [0.1, 0.15) is 32.6 Å². The first kappa shape index (κ1) is 22.8. The van der Waals surface area contributed by atoms with Gasteiger partial charge in [-0.2, -0.15) is 0 Å². The van der Waals surface area contributed by atoms with E-state index in [0.717, 1.165) is 38.0 Å². The molecule has 0 unspecified atom stereocenters. The van der Waals surface area contributed by atoms with Crippen LogP contribution in [0, 0.1) is 20.8 Å². The average Bonchev–Trinajstić information content (AvgIpc) is 2.76. The van der Waals surface area contributed by atoms with Gasteiger partial charge in [-0.1, -0.05) is 42.0 Å². The van der Waals surface area contributed by atoms with Crippen molar-refractivity contribution >= 4 is 33.5 Å². The van der Waals surface area contributed by atoms with Crippen LogP contribution >= 0.6 is 15.9 Å². The molecule has 0 fully saturated rings. The zero-order valence-electron chi connectivity index (χ0n) is 18.5. The van der Waals surface area contributed by atoms with Crippen LogP contribution in [0.25, 0.3) is 11.1 Å². The molecule has 0 aromatic heterocycles. The summed E-state index contributed by atoms with van der Waals surface area (Å²) in [5.74, 6) is -0.435. The van der Waals surface area contributed by atoms with Crippen LogP contribution in [-0.4, -0.2) is 26.0 Å². The summed E-state index contributed by atoms with van der Waals surface area (Å²) in [6.45, 7) is 6.01. The second-order valence-electron chi connectivity index (χ2n) is 7.65. The fraction of sp³-hybridized carbons (Fsp3) is 0.231. The number of benzene rings is 3. The molecule has 0 aliphatic rings. The number of methoxy groups -OCH3 is 1. The third-order valence-electron chi connectivity index (χ3n) is 5.55. The lowest BCUT2D eigenvalue weighted by Gasteiger charge is -2.25. The van der Waals surface area contributed by atoms with Crippen molar-refractivity contribution in [1.29, 1.82) is 0 Å². The first-order valence-electron chi connectivity index (χ1n) is 10.0. The van der Waals surface area contributed by atoms with E-state index in [1.807, 2.05) is 45.0 Å². The fourth-order valence-corrected chi connectivity index (χ4v) is 4.25. The zero-order chi connectivity index (χ0) is 22.7. The first-order chi connectivity index (χ1) is 14.7. The molecule has 5 heteroatoms. The number of hydrogen-bond donors (Lipinski definition) is 0. The Morgan fingerprint density at radius 2 is 1.65 bits per heavy atom. The second-order valence-corrected chi connectivity index (χ2v) is 8.51. The van der Waals surface area contributed by atoms with E-state index >= 15 is 0 Å². The van der Waals surface area contributed by atoms with E-state index in [9.17, 15) is 9.59 Å². The standard InChI is InChI=1S/C26H26BrNO3/c1-16-10-12-19(13-11-16)25-17(2)14-23(18(3)21(25)15-24(29)31-5)28(4)26(30)20-8-6-7-9-22(20)27/h6-14H,15H2,1-5H3. The molecule has 0 saturated heterocycles. The SMILES string of the molecule is COC(=O)Cc1c(C)c(N(C)C(=O)c2ccccc2Br)cc(C)c1-c1ccc(C)cc1. The Balaban J connectivity index is 2.16. The summed E-state index contributed by atoms with van der Waals surface area (Å²) in [7, 11) is 3.15. The van der Waals surface area contributed by atoms with E-state index in [1.54, 1.807) is 18.0 Å². The number of aryl methyl sites for hydroxylation is 2. The lowest BCUT2D eigenvalue weighted by atomic mass is 9.88. The number of nitrogens with zero attached hydrogens (tertiary/aromatic N) is 1. The van der Waals surface area contributed by atoms with Crippen LogP contribution in [0.5, 0.6) is 0 Å². The molecule has 3 aromatic carbocycles. The van der Waals surface area contributed by atoms with Gasteiger partial charge in [-0.25, -0.2) is 0 Å². The number of rotatable bonds is 5. The maximum atomic E-state index is 13.2. The van der Waals surface area contributed by atoms with Crippen molar-refractivity contribution < 1.29 is 14.3 Å². The second kappa shape index (κ2) is 9.48. The van der Waals surface area contributed by atoms with E-state index in [0.29, 0.717) is 5.56 Å². The highest BCUT2D eigenvalue weighted by Gasteiger charge is 2.23. The van der Waals surface area contributed by atoms with Crippen LogP contribution < -0.4 is 4.90 Å². The summed E-state index contributed by atoms with van der Waals surface area (Å²) < 4.78 is 5.71. The summed E-state index contributed by atoms with van der Waals surface area (Å²) in [6, 6.07) is 17.6. The summed E-state index contributed by atoms with van der Waals surface area (Å²) in [4.78, 5) is 27.1. The van der Waals surface area contributed by atoms with Crippen LogP contribution in [0.4, 0.5) is 5.69 Å². The minimum absolute atomic E-state index is 0.123. The molecule has 0 spiro atoms. The van der Waals surface area contributed by atoms with Crippen LogP contribution in [0.3, 0.4) is 0 Å².